The molecule has 6 nitrogen and oxygen atoms in total. The Kier molecular flexibility index (Phi) is 4.19. The number of hydrogen-bond donors (Lipinski definition) is 1. The summed E-state index contributed by atoms with van der Waals surface area (Å²) in [4.78, 5) is 16.1. The van der Waals surface area contributed by atoms with Crippen molar-refractivity contribution in [2.45, 2.75) is 6.54 Å². The molecule has 0 atom stereocenters. The molecule has 0 unspecified atom stereocenters. The maximum absolute atomic E-state index is 10.7. The van der Waals surface area contributed by atoms with E-state index < -0.39 is 4.92 Å². The van der Waals surface area contributed by atoms with E-state index in [2.05, 4.69) is 20.9 Å². The normalized spacial score (nSPS) is 10.3. The minimum Gasteiger partial charge on any atom is -0.378 e. The van der Waals surface area contributed by atoms with Crippen molar-refractivity contribution in [1.29, 1.82) is 0 Å². The van der Waals surface area contributed by atoms with Gasteiger partial charge in [-0.05, 0) is 23.8 Å². The summed E-state index contributed by atoms with van der Waals surface area (Å²) in [5, 5.41) is 10.7. The number of rotatable bonds is 4. The molecule has 0 spiro atoms. The first-order valence-corrected chi connectivity index (χ1v) is 6.63. The van der Waals surface area contributed by atoms with Gasteiger partial charge in [-0.15, -0.1) is 0 Å². The van der Waals surface area contributed by atoms with Gasteiger partial charge in [0.15, 0.2) is 0 Å². The van der Waals surface area contributed by atoms with Crippen molar-refractivity contribution in [2.24, 2.45) is 0 Å². The second-order valence-corrected chi connectivity index (χ2v) is 5.23. The van der Waals surface area contributed by atoms with Crippen molar-refractivity contribution in [1.82, 2.24) is 4.98 Å². The average molecular weight is 337 g/mol. The number of halogens is 1. The highest BCUT2D eigenvalue weighted by Crippen LogP contribution is 2.23. The van der Waals surface area contributed by atoms with E-state index in [4.69, 9.17) is 5.73 Å². The molecular formula is C13H13BrN4O2. The number of nitrogens with zero attached hydrogens (tertiary/aromatic N) is 3. The number of nitrogens with two attached hydrogens (primary N) is 1. The predicted octanol–water partition coefficient (Wildman–Crippen LogP) is 2.97. The maximum Gasteiger partial charge on any atom is 0.311 e. The van der Waals surface area contributed by atoms with Gasteiger partial charge in [-0.1, -0.05) is 28.1 Å². The van der Waals surface area contributed by atoms with Gasteiger partial charge in [0.25, 0.3) is 0 Å². The number of aromatic nitrogens is 1. The molecule has 0 bridgehead atoms. The zero-order chi connectivity index (χ0) is 14.7. The SMILES string of the molecule is CN(Cc1cccc(Br)c1)c1ccc([N+](=O)[O-])c(N)n1. The Morgan fingerprint density at radius 2 is 2.15 bits per heavy atom. The number of pyridine rings is 1. The quantitative estimate of drug-likeness (QED) is 0.685. The number of hydrogen-bond acceptors (Lipinski definition) is 5. The fourth-order valence-electron chi connectivity index (χ4n) is 1.81. The molecule has 0 saturated heterocycles. The Balaban J connectivity index is 2.19. The second kappa shape index (κ2) is 5.87. The monoisotopic (exact) mass is 336 g/mol. The van der Waals surface area contributed by atoms with Crippen LogP contribution in [0, 0.1) is 10.1 Å². The number of nitrogen functional groups attached to an aromatic ring is 1. The highest BCUT2D eigenvalue weighted by molar-refractivity contribution is 9.10. The molecule has 1 heterocycles. The van der Waals surface area contributed by atoms with Crippen molar-refractivity contribution >= 4 is 33.3 Å². The minimum atomic E-state index is -0.541. The molecule has 104 valence electrons. The van der Waals surface area contributed by atoms with Crippen LogP contribution in [-0.2, 0) is 6.54 Å². The van der Waals surface area contributed by atoms with Crippen LogP contribution in [0.1, 0.15) is 5.56 Å². The summed E-state index contributed by atoms with van der Waals surface area (Å²) in [5.41, 5.74) is 6.51. The maximum atomic E-state index is 10.7. The van der Waals surface area contributed by atoms with Crippen molar-refractivity contribution in [3.05, 3.63) is 56.5 Å². The van der Waals surface area contributed by atoms with Gasteiger partial charge < -0.3 is 10.6 Å². The highest BCUT2D eigenvalue weighted by Gasteiger charge is 2.14. The Morgan fingerprint density at radius 1 is 1.40 bits per heavy atom. The van der Waals surface area contributed by atoms with Gasteiger partial charge in [0.05, 0.1) is 4.92 Å². The summed E-state index contributed by atoms with van der Waals surface area (Å²) in [6.07, 6.45) is 0. The van der Waals surface area contributed by atoms with Gasteiger partial charge >= 0.3 is 5.69 Å². The lowest BCUT2D eigenvalue weighted by Crippen LogP contribution is -2.18. The lowest BCUT2D eigenvalue weighted by atomic mass is 10.2. The van der Waals surface area contributed by atoms with Crippen LogP contribution in [0.5, 0.6) is 0 Å². The third-order valence-corrected chi connectivity index (χ3v) is 3.28. The predicted molar refractivity (Wildman–Crippen MR) is 81.6 cm³/mol. The Morgan fingerprint density at radius 3 is 2.75 bits per heavy atom. The number of nitro groups is 1. The average Bonchev–Trinajstić information content (AvgIpc) is 2.38. The van der Waals surface area contributed by atoms with E-state index in [0.29, 0.717) is 12.4 Å². The van der Waals surface area contributed by atoms with Crippen LogP contribution in [0.3, 0.4) is 0 Å². The van der Waals surface area contributed by atoms with E-state index in [1.54, 1.807) is 6.07 Å². The van der Waals surface area contributed by atoms with Gasteiger partial charge in [-0.3, -0.25) is 10.1 Å². The molecule has 20 heavy (non-hydrogen) atoms. The molecule has 0 radical (unpaired) electrons. The van der Waals surface area contributed by atoms with Crippen LogP contribution < -0.4 is 10.6 Å². The van der Waals surface area contributed by atoms with Gasteiger partial charge in [0.2, 0.25) is 5.82 Å². The largest absolute Gasteiger partial charge is 0.378 e. The fraction of sp³-hybridized carbons (Fsp3) is 0.154. The van der Waals surface area contributed by atoms with Crippen molar-refractivity contribution in [3.8, 4) is 0 Å². The number of anilines is 2. The fourth-order valence-corrected chi connectivity index (χ4v) is 2.26. The van der Waals surface area contributed by atoms with Gasteiger partial charge in [-0.25, -0.2) is 4.98 Å². The molecule has 0 aliphatic heterocycles. The van der Waals surface area contributed by atoms with Crippen LogP contribution in [0.25, 0.3) is 0 Å². The summed E-state index contributed by atoms with van der Waals surface area (Å²) in [5.74, 6) is 0.515. The molecule has 0 saturated carbocycles. The Bertz CT molecular complexity index is 648. The van der Waals surface area contributed by atoms with E-state index in [0.717, 1.165) is 10.0 Å². The lowest BCUT2D eigenvalue weighted by molar-refractivity contribution is -0.384. The summed E-state index contributed by atoms with van der Waals surface area (Å²) < 4.78 is 1.000. The lowest BCUT2D eigenvalue weighted by Gasteiger charge is -2.18. The van der Waals surface area contributed by atoms with E-state index in [-0.39, 0.29) is 11.5 Å². The van der Waals surface area contributed by atoms with E-state index in [1.165, 1.54) is 6.07 Å². The molecule has 2 N–H and O–H groups in total. The molecular weight excluding hydrogens is 324 g/mol. The number of benzene rings is 1. The molecule has 0 aliphatic rings. The van der Waals surface area contributed by atoms with Crippen LogP contribution >= 0.6 is 15.9 Å². The van der Waals surface area contributed by atoms with Crippen molar-refractivity contribution in [3.63, 3.8) is 0 Å². The molecule has 7 heteroatoms. The molecule has 2 aromatic rings. The van der Waals surface area contributed by atoms with Gasteiger partial charge in [0, 0.05) is 24.1 Å². The second-order valence-electron chi connectivity index (χ2n) is 4.32. The van der Waals surface area contributed by atoms with Crippen LogP contribution in [0.4, 0.5) is 17.3 Å². The van der Waals surface area contributed by atoms with Crippen molar-refractivity contribution in [2.75, 3.05) is 17.7 Å². The van der Waals surface area contributed by atoms with Gasteiger partial charge in [0.1, 0.15) is 5.82 Å². The smallest absolute Gasteiger partial charge is 0.311 e. The van der Waals surface area contributed by atoms with Crippen LogP contribution in [-0.4, -0.2) is 17.0 Å². The third kappa shape index (κ3) is 3.24. The Labute approximate surface area is 124 Å². The first-order valence-electron chi connectivity index (χ1n) is 5.84. The third-order valence-electron chi connectivity index (χ3n) is 2.78. The molecule has 1 aromatic heterocycles. The first-order chi connectivity index (χ1) is 9.47. The van der Waals surface area contributed by atoms with E-state index >= 15 is 0 Å². The highest BCUT2D eigenvalue weighted by atomic mass is 79.9. The molecule has 0 aliphatic carbocycles. The van der Waals surface area contributed by atoms with E-state index in [1.807, 2.05) is 36.2 Å². The van der Waals surface area contributed by atoms with Crippen LogP contribution in [0.15, 0.2) is 40.9 Å². The van der Waals surface area contributed by atoms with Crippen LogP contribution in [0.2, 0.25) is 0 Å². The standard InChI is InChI=1S/C13H13BrN4O2/c1-17(8-9-3-2-4-10(14)7-9)12-6-5-11(18(19)20)13(15)16-12/h2-7H,8H2,1H3,(H2,15,16). The molecule has 1 aromatic carbocycles. The van der Waals surface area contributed by atoms with E-state index in [9.17, 15) is 10.1 Å². The Hall–Kier alpha value is -2.15. The summed E-state index contributed by atoms with van der Waals surface area (Å²) >= 11 is 3.42. The summed E-state index contributed by atoms with van der Waals surface area (Å²) in [6.45, 7) is 0.629. The molecule has 2 rings (SSSR count). The topological polar surface area (TPSA) is 85.3 Å². The zero-order valence-electron chi connectivity index (χ0n) is 10.8. The molecule has 0 amide bonds. The summed E-state index contributed by atoms with van der Waals surface area (Å²) in [6, 6.07) is 10.9. The molecule has 0 fully saturated rings. The first kappa shape index (κ1) is 14.3. The summed E-state index contributed by atoms with van der Waals surface area (Å²) in [7, 11) is 1.86. The van der Waals surface area contributed by atoms with Gasteiger partial charge in [-0.2, -0.15) is 0 Å². The zero-order valence-corrected chi connectivity index (χ0v) is 12.4. The minimum absolute atomic E-state index is 0.0754. The van der Waals surface area contributed by atoms with Crippen molar-refractivity contribution < 1.29 is 4.92 Å².